The van der Waals surface area contributed by atoms with Gasteiger partial charge in [0, 0.05) is 17.2 Å². The zero-order chi connectivity index (χ0) is 25.1. The number of carbonyl (C=O) groups excluding carboxylic acids is 1. The maximum absolute atomic E-state index is 13.4. The second-order valence-corrected chi connectivity index (χ2v) is 8.66. The highest BCUT2D eigenvalue weighted by Gasteiger charge is 2.29. The molecule has 1 atom stereocenters. The maximum atomic E-state index is 13.4. The Balaban J connectivity index is 1.41. The molecule has 0 spiro atoms. The van der Waals surface area contributed by atoms with E-state index < -0.39 is 11.9 Å². The van der Waals surface area contributed by atoms with Gasteiger partial charge in [0.2, 0.25) is 5.13 Å². The molecule has 0 aliphatic carbocycles. The summed E-state index contributed by atoms with van der Waals surface area (Å²) in [6, 6.07) is 20.7. The topological polar surface area (TPSA) is 126 Å². The zero-order valence-electron chi connectivity index (χ0n) is 18.7. The van der Waals surface area contributed by atoms with E-state index in [1.54, 1.807) is 29.8 Å². The molecule has 2 heterocycles. The van der Waals surface area contributed by atoms with Gasteiger partial charge in [-0.1, -0.05) is 29.5 Å². The maximum Gasteiger partial charge on any atom is 0.311 e. The molecule has 4 aromatic rings. The Kier molecular flexibility index (Phi) is 6.30. The molecule has 0 radical (unpaired) electrons. The van der Waals surface area contributed by atoms with E-state index in [0.717, 1.165) is 0 Å². The molecule has 1 amide bonds. The number of rotatable bonds is 6. The first-order valence-corrected chi connectivity index (χ1v) is 11.8. The van der Waals surface area contributed by atoms with Gasteiger partial charge < -0.3 is 14.6 Å². The fraction of sp³-hybridized carbons (Fsp3) is 0.115. The van der Waals surface area contributed by atoms with Crippen LogP contribution in [-0.4, -0.2) is 33.8 Å². The molecule has 3 aromatic carbocycles. The molecule has 1 aliphatic rings. The standard InChI is InChI=1S/C26H18N4O5S/c27-14-17-12-21-20(25(32)33)10-11-34-23(21)13-22(17)35-19-8-6-16(7-9-19)24(31)30(26-29-28-15-36-26)18-4-2-1-3-5-18/h1-9,12-13,15,20H,10-11H2,(H,32,33). The van der Waals surface area contributed by atoms with Gasteiger partial charge >= 0.3 is 5.97 Å². The smallest absolute Gasteiger partial charge is 0.311 e. The van der Waals surface area contributed by atoms with Crippen LogP contribution >= 0.6 is 11.3 Å². The van der Waals surface area contributed by atoms with Gasteiger partial charge in [0.05, 0.1) is 23.8 Å². The number of hydrogen-bond acceptors (Lipinski definition) is 8. The highest BCUT2D eigenvalue weighted by molar-refractivity contribution is 7.13. The minimum absolute atomic E-state index is 0.192. The lowest BCUT2D eigenvalue weighted by atomic mass is 9.91. The van der Waals surface area contributed by atoms with Gasteiger partial charge in [-0.05, 0) is 48.9 Å². The molecule has 178 valence electrons. The van der Waals surface area contributed by atoms with Crippen LogP contribution in [0.3, 0.4) is 0 Å². The van der Waals surface area contributed by atoms with Gasteiger partial charge in [-0.15, -0.1) is 10.2 Å². The van der Waals surface area contributed by atoms with Crippen molar-refractivity contribution in [2.45, 2.75) is 12.3 Å². The Morgan fingerprint density at radius 1 is 1.14 bits per heavy atom. The van der Waals surface area contributed by atoms with Crippen LogP contribution in [0.25, 0.3) is 0 Å². The average molecular weight is 499 g/mol. The molecule has 0 bridgehead atoms. The van der Waals surface area contributed by atoms with E-state index in [1.165, 1.54) is 28.4 Å². The summed E-state index contributed by atoms with van der Waals surface area (Å²) in [4.78, 5) is 26.4. The summed E-state index contributed by atoms with van der Waals surface area (Å²) in [5.41, 5.74) is 3.27. The van der Waals surface area contributed by atoms with Crippen molar-refractivity contribution in [3.8, 4) is 23.3 Å². The van der Waals surface area contributed by atoms with E-state index in [-0.39, 0.29) is 23.8 Å². The van der Waals surface area contributed by atoms with E-state index in [1.807, 2.05) is 30.3 Å². The first-order chi connectivity index (χ1) is 17.5. The van der Waals surface area contributed by atoms with Crippen LogP contribution in [0.5, 0.6) is 17.2 Å². The number of amides is 1. The Morgan fingerprint density at radius 3 is 2.58 bits per heavy atom. The van der Waals surface area contributed by atoms with Crippen molar-refractivity contribution in [3.05, 3.63) is 88.9 Å². The third kappa shape index (κ3) is 4.47. The third-order valence-corrected chi connectivity index (χ3v) is 6.33. The highest BCUT2D eigenvalue weighted by atomic mass is 32.1. The van der Waals surface area contributed by atoms with E-state index in [0.29, 0.717) is 39.9 Å². The summed E-state index contributed by atoms with van der Waals surface area (Å²) < 4.78 is 11.5. The SMILES string of the molecule is N#Cc1cc2c(cc1Oc1ccc(C(=O)N(c3ccccc3)c3nncs3)cc1)OCCC2C(=O)O. The number of nitriles is 1. The summed E-state index contributed by atoms with van der Waals surface area (Å²) in [5, 5.41) is 27.5. The molecule has 9 nitrogen and oxygen atoms in total. The number of aliphatic carboxylic acids is 1. The van der Waals surface area contributed by atoms with Gasteiger partial charge in [0.15, 0.2) is 0 Å². The summed E-state index contributed by atoms with van der Waals surface area (Å²) in [6.45, 7) is 0.263. The van der Waals surface area contributed by atoms with Gasteiger partial charge in [-0.2, -0.15) is 5.26 Å². The Hall–Kier alpha value is -4.75. The van der Waals surface area contributed by atoms with E-state index >= 15 is 0 Å². The quantitative estimate of drug-likeness (QED) is 0.388. The lowest BCUT2D eigenvalue weighted by Gasteiger charge is -2.24. The number of nitrogens with zero attached hydrogens (tertiary/aromatic N) is 4. The van der Waals surface area contributed by atoms with Crippen molar-refractivity contribution in [1.29, 1.82) is 5.26 Å². The number of carboxylic acids is 1. The summed E-state index contributed by atoms with van der Waals surface area (Å²) in [7, 11) is 0. The zero-order valence-corrected chi connectivity index (χ0v) is 19.5. The fourth-order valence-corrected chi connectivity index (χ4v) is 4.50. The first-order valence-electron chi connectivity index (χ1n) is 10.9. The fourth-order valence-electron chi connectivity index (χ4n) is 3.92. The van der Waals surface area contributed by atoms with Crippen LogP contribution in [-0.2, 0) is 4.79 Å². The Morgan fingerprint density at radius 2 is 1.92 bits per heavy atom. The van der Waals surface area contributed by atoms with Crippen molar-refractivity contribution >= 4 is 34.0 Å². The predicted octanol–water partition coefficient (Wildman–Crippen LogP) is 5.13. The lowest BCUT2D eigenvalue weighted by molar-refractivity contribution is -0.139. The third-order valence-electron chi connectivity index (χ3n) is 5.66. The summed E-state index contributed by atoms with van der Waals surface area (Å²) in [5.74, 6) is -0.970. The highest BCUT2D eigenvalue weighted by Crippen LogP contribution is 2.40. The van der Waals surface area contributed by atoms with Crippen molar-refractivity contribution in [2.24, 2.45) is 0 Å². The Bertz CT molecular complexity index is 1450. The van der Waals surface area contributed by atoms with Crippen LogP contribution in [0, 0.1) is 11.3 Å². The first kappa shape index (κ1) is 23.0. The van der Waals surface area contributed by atoms with Crippen LogP contribution < -0.4 is 14.4 Å². The number of benzene rings is 3. The number of carboxylic acid groups (broad SMARTS) is 1. The molecule has 1 aromatic heterocycles. The number of para-hydroxylation sites is 1. The van der Waals surface area contributed by atoms with Gasteiger partial charge in [0.1, 0.15) is 28.8 Å². The van der Waals surface area contributed by atoms with Crippen molar-refractivity contribution < 1.29 is 24.2 Å². The second kappa shape index (κ2) is 9.85. The molecule has 0 saturated carbocycles. The van der Waals surface area contributed by atoms with E-state index in [2.05, 4.69) is 16.3 Å². The minimum Gasteiger partial charge on any atom is -0.493 e. The van der Waals surface area contributed by atoms with Gasteiger partial charge in [-0.3, -0.25) is 14.5 Å². The average Bonchev–Trinajstić information content (AvgIpc) is 3.43. The van der Waals surface area contributed by atoms with E-state index in [9.17, 15) is 20.0 Å². The number of aromatic nitrogens is 2. The molecule has 1 aliphatic heterocycles. The number of ether oxygens (including phenoxy) is 2. The van der Waals surface area contributed by atoms with Crippen LogP contribution in [0.15, 0.2) is 72.2 Å². The van der Waals surface area contributed by atoms with Crippen LogP contribution in [0.2, 0.25) is 0 Å². The number of anilines is 2. The minimum atomic E-state index is -0.963. The largest absolute Gasteiger partial charge is 0.493 e. The van der Waals surface area contributed by atoms with Crippen LogP contribution in [0.1, 0.15) is 33.8 Å². The molecule has 1 N–H and O–H groups in total. The molecule has 0 fully saturated rings. The molecule has 1 unspecified atom stereocenters. The normalized spacial score (nSPS) is 14.1. The van der Waals surface area contributed by atoms with Crippen LogP contribution in [0.4, 0.5) is 10.8 Å². The monoisotopic (exact) mass is 498 g/mol. The number of fused-ring (bicyclic) bond motifs is 1. The molecular weight excluding hydrogens is 480 g/mol. The van der Waals surface area contributed by atoms with Crippen molar-refractivity contribution in [2.75, 3.05) is 11.5 Å². The number of hydrogen-bond donors (Lipinski definition) is 1. The lowest BCUT2D eigenvalue weighted by Crippen LogP contribution is -2.25. The molecule has 5 rings (SSSR count). The summed E-state index contributed by atoms with van der Waals surface area (Å²) in [6.07, 6.45) is 0.333. The molecular formula is C26H18N4O5S. The Labute approximate surface area is 209 Å². The molecule has 10 heteroatoms. The van der Waals surface area contributed by atoms with Crippen molar-refractivity contribution in [1.82, 2.24) is 10.2 Å². The second-order valence-electron chi connectivity index (χ2n) is 7.85. The van der Waals surface area contributed by atoms with Gasteiger partial charge in [-0.25, -0.2) is 0 Å². The molecule has 0 saturated heterocycles. The van der Waals surface area contributed by atoms with E-state index in [4.69, 9.17) is 9.47 Å². The predicted molar refractivity (Wildman–Crippen MR) is 131 cm³/mol. The number of carbonyl (C=O) groups is 2. The molecule has 36 heavy (non-hydrogen) atoms. The summed E-state index contributed by atoms with van der Waals surface area (Å²) >= 11 is 1.25. The van der Waals surface area contributed by atoms with Crippen molar-refractivity contribution in [3.63, 3.8) is 0 Å². The van der Waals surface area contributed by atoms with Gasteiger partial charge in [0.25, 0.3) is 5.91 Å².